The zero-order valence-corrected chi connectivity index (χ0v) is 17.1. The lowest BCUT2D eigenvalue weighted by Gasteiger charge is -2.51. The van der Waals surface area contributed by atoms with Gasteiger partial charge in [0.2, 0.25) is 11.8 Å². The molecule has 6 nitrogen and oxygen atoms in total. The van der Waals surface area contributed by atoms with Gasteiger partial charge in [-0.15, -0.1) is 0 Å². The van der Waals surface area contributed by atoms with Crippen molar-refractivity contribution in [2.24, 2.45) is 5.41 Å². The smallest absolute Gasteiger partial charge is 0.226 e. The van der Waals surface area contributed by atoms with Crippen molar-refractivity contribution in [1.29, 1.82) is 0 Å². The summed E-state index contributed by atoms with van der Waals surface area (Å²) >= 11 is 0. The first-order chi connectivity index (χ1) is 13.6. The van der Waals surface area contributed by atoms with Crippen LogP contribution in [0.4, 0.5) is 0 Å². The molecule has 1 spiro atoms. The fourth-order valence-electron chi connectivity index (χ4n) is 5.61. The SMILES string of the molecule is O=C1CCCN1CCN1CC[C@@H](O)[C@]2(CCCN(C(=O)CC3=CCCC3)C2)C1. The van der Waals surface area contributed by atoms with Gasteiger partial charge < -0.3 is 19.8 Å². The van der Waals surface area contributed by atoms with Gasteiger partial charge in [0.15, 0.2) is 0 Å². The highest BCUT2D eigenvalue weighted by atomic mass is 16.3. The Balaban J connectivity index is 1.35. The summed E-state index contributed by atoms with van der Waals surface area (Å²) in [6.45, 7) is 5.78. The number of allylic oxidation sites excluding steroid dienone is 1. The van der Waals surface area contributed by atoms with E-state index in [2.05, 4.69) is 11.0 Å². The summed E-state index contributed by atoms with van der Waals surface area (Å²) in [5.41, 5.74) is 1.09. The number of nitrogens with zero attached hydrogens (tertiary/aromatic N) is 3. The van der Waals surface area contributed by atoms with Gasteiger partial charge in [0.05, 0.1) is 6.10 Å². The first-order valence-electron chi connectivity index (χ1n) is 11.2. The number of carbonyl (C=O) groups is 2. The van der Waals surface area contributed by atoms with Crippen LogP contribution in [0.3, 0.4) is 0 Å². The molecule has 6 heteroatoms. The first kappa shape index (κ1) is 19.9. The molecule has 4 rings (SSSR count). The van der Waals surface area contributed by atoms with Gasteiger partial charge in [-0.1, -0.05) is 11.6 Å². The maximum absolute atomic E-state index is 12.8. The van der Waals surface area contributed by atoms with Crippen molar-refractivity contribution < 1.29 is 14.7 Å². The van der Waals surface area contributed by atoms with Crippen molar-refractivity contribution >= 4 is 11.8 Å². The molecule has 1 aliphatic carbocycles. The summed E-state index contributed by atoms with van der Waals surface area (Å²) in [5, 5.41) is 10.9. The first-order valence-corrected chi connectivity index (χ1v) is 11.2. The minimum atomic E-state index is -0.335. The summed E-state index contributed by atoms with van der Waals surface area (Å²) in [7, 11) is 0. The zero-order chi connectivity index (χ0) is 19.6. The second kappa shape index (κ2) is 8.54. The Hall–Kier alpha value is -1.40. The molecule has 28 heavy (non-hydrogen) atoms. The second-order valence-electron chi connectivity index (χ2n) is 9.28. The molecule has 3 saturated heterocycles. The molecule has 4 aliphatic rings. The summed E-state index contributed by atoms with van der Waals surface area (Å²) < 4.78 is 0. The minimum absolute atomic E-state index is 0.203. The second-order valence-corrected chi connectivity index (χ2v) is 9.28. The Morgan fingerprint density at radius 3 is 2.75 bits per heavy atom. The highest BCUT2D eigenvalue weighted by Gasteiger charge is 2.46. The number of carbonyl (C=O) groups excluding carboxylic acids is 2. The summed E-state index contributed by atoms with van der Waals surface area (Å²) in [6, 6.07) is 0. The van der Waals surface area contributed by atoms with E-state index in [-0.39, 0.29) is 23.3 Å². The molecule has 0 aromatic carbocycles. The van der Waals surface area contributed by atoms with E-state index in [4.69, 9.17) is 0 Å². The van der Waals surface area contributed by atoms with Crippen LogP contribution in [-0.2, 0) is 9.59 Å². The van der Waals surface area contributed by atoms with Crippen LogP contribution in [0.5, 0.6) is 0 Å². The summed E-state index contributed by atoms with van der Waals surface area (Å²) in [6.07, 6.45) is 10.2. The average molecular weight is 390 g/mol. The van der Waals surface area contributed by atoms with E-state index >= 15 is 0 Å². The van der Waals surface area contributed by atoms with E-state index in [1.54, 1.807) is 0 Å². The van der Waals surface area contributed by atoms with E-state index in [1.165, 1.54) is 12.0 Å². The van der Waals surface area contributed by atoms with Gasteiger partial charge in [-0.25, -0.2) is 0 Å². The van der Waals surface area contributed by atoms with Crippen molar-refractivity contribution in [2.75, 3.05) is 45.8 Å². The lowest BCUT2D eigenvalue weighted by atomic mass is 9.71. The predicted molar refractivity (Wildman–Crippen MR) is 108 cm³/mol. The van der Waals surface area contributed by atoms with Crippen molar-refractivity contribution in [3.63, 3.8) is 0 Å². The quantitative estimate of drug-likeness (QED) is 0.728. The molecule has 2 atom stereocenters. The molecule has 0 saturated carbocycles. The Kier molecular flexibility index (Phi) is 6.07. The van der Waals surface area contributed by atoms with Crippen molar-refractivity contribution in [1.82, 2.24) is 14.7 Å². The maximum atomic E-state index is 12.8. The van der Waals surface area contributed by atoms with Crippen LogP contribution < -0.4 is 0 Å². The average Bonchev–Trinajstić information content (AvgIpc) is 3.35. The number of aliphatic hydroxyl groups excluding tert-OH is 1. The molecule has 0 unspecified atom stereocenters. The molecular formula is C22H35N3O3. The number of amides is 2. The van der Waals surface area contributed by atoms with Crippen LogP contribution in [0.15, 0.2) is 11.6 Å². The van der Waals surface area contributed by atoms with Gasteiger partial charge in [0.1, 0.15) is 0 Å². The van der Waals surface area contributed by atoms with E-state index in [9.17, 15) is 14.7 Å². The van der Waals surface area contributed by atoms with Gasteiger partial charge in [-0.3, -0.25) is 9.59 Å². The third-order valence-corrected chi connectivity index (χ3v) is 7.30. The van der Waals surface area contributed by atoms with Crippen LogP contribution in [-0.4, -0.2) is 83.5 Å². The third kappa shape index (κ3) is 4.28. The number of rotatable bonds is 5. The number of piperidine rings is 2. The lowest BCUT2D eigenvalue weighted by molar-refractivity contribution is -0.141. The highest BCUT2D eigenvalue weighted by molar-refractivity contribution is 5.79. The van der Waals surface area contributed by atoms with Crippen molar-refractivity contribution in [3.8, 4) is 0 Å². The minimum Gasteiger partial charge on any atom is -0.392 e. The number of hydrogen-bond acceptors (Lipinski definition) is 4. The number of hydrogen-bond donors (Lipinski definition) is 1. The van der Waals surface area contributed by atoms with Crippen LogP contribution in [0.1, 0.15) is 57.8 Å². The fourth-order valence-corrected chi connectivity index (χ4v) is 5.61. The van der Waals surface area contributed by atoms with Gasteiger partial charge in [-0.2, -0.15) is 0 Å². The Morgan fingerprint density at radius 1 is 1.11 bits per heavy atom. The van der Waals surface area contributed by atoms with Crippen LogP contribution in [0, 0.1) is 5.41 Å². The van der Waals surface area contributed by atoms with Crippen molar-refractivity contribution in [2.45, 2.75) is 63.9 Å². The standard InChI is InChI=1S/C22H35N3O3/c26-19-8-12-23(13-14-24-10-3-7-20(24)27)16-22(19)9-4-11-25(17-22)21(28)15-18-5-1-2-6-18/h5,19,26H,1-4,6-17H2/t19-,22-/m1/s1. The van der Waals surface area contributed by atoms with Gasteiger partial charge >= 0.3 is 0 Å². The molecule has 0 aromatic heterocycles. The van der Waals surface area contributed by atoms with Crippen molar-refractivity contribution in [3.05, 3.63) is 11.6 Å². The number of aliphatic hydroxyl groups is 1. The largest absolute Gasteiger partial charge is 0.392 e. The molecule has 3 aliphatic heterocycles. The Labute approximate surface area is 168 Å². The Morgan fingerprint density at radius 2 is 2.00 bits per heavy atom. The zero-order valence-electron chi connectivity index (χ0n) is 17.1. The Bertz CT molecular complexity index is 635. The van der Waals surface area contributed by atoms with Crippen LogP contribution in [0.2, 0.25) is 0 Å². The van der Waals surface area contributed by atoms with Crippen LogP contribution in [0.25, 0.3) is 0 Å². The van der Waals surface area contributed by atoms with Gasteiger partial charge in [0, 0.05) is 64.1 Å². The predicted octanol–water partition coefficient (Wildman–Crippen LogP) is 1.78. The molecule has 0 bridgehead atoms. The highest BCUT2D eigenvalue weighted by Crippen LogP contribution is 2.39. The molecule has 3 fully saturated rings. The molecule has 3 heterocycles. The monoisotopic (exact) mass is 389 g/mol. The van der Waals surface area contributed by atoms with Gasteiger partial charge in [-0.05, 0) is 44.9 Å². The molecule has 0 aromatic rings. The van der Waals surface area contributed by atoms with E-state index in [0.29, 0.717) is 19.4 Å². The van der Waals surface area contributed by atoms with E-state index in [0.717, 1.165) is 77.8 Å². The third-order valence-electron chi connectivity index (χ3n) is 7.30. The molecular weight excluding hydrogens is 354 g/mol. The van der Waals surface area contributed by atoms with Crippen LogP contribution >= 0.6 is 0 Å². The lowest BCUT2D eigenvalue weighted by Crippen LogP contribution is -2.60. The molecule has 2 amide bonds. The fraction of sp³-hybridized carbons (Fsp3) is 0.818. The molecule has 156 valence electrons. The topological polar surface area (TPSA) is 64.1 Å². The number of likely N-dealkylation sites (tertiary alicyclic amines) is 3. The van der Waals surface area contributed by atoms with Gasteiger partial charge in [0.25, 0.3) is 0 Å². The maximum Gasteiger partial charge on any atom is 0.226 e. The summed E-state index contributed by atoms with van der Waals surface area (Å²) in [4.78, 5) is 31.1. The van der Waals surface area contributed by atoms with E-state index < -0.39 is 0 Å². The molecule has 0 radical (unpaired) electrons. The summed E-state index contributed by atoms with van der Waals surface area (Å²) in [5.74, 6) is 0.515. The molecule has 1 N–H and O–H groups in total. The van der Waals surface area contributed by atoms with E-state index in [1.807, 2.05) is 9.80 Å². The normalized spacial score (nSPS) is 31.7.